The molecule has 0 aromatic heterocycles. The maximum absolute atomic E-state index is 13.7. The van der Waals surface area contributed by atoms with Crippen molar-refractivity contribution in [2.75, 3.05) is 27.7 Å². The van der Waals surface area contributed by atoms with E-state index in [4.69, 9.17) is 0 Å². The molecule has 1 aromatic carbocycles. The molecule has 7 nitrogen and oxygen atoms in total. The SMILES string of the molecule is CN(C)C(=O)CN(C)C(=O)c1cc(F)c([N+](=O)[O-])cc1F. The van der Waals surface area contributed by atoms with Gasteiger partial charge in [-0.15, -0.1) is 0 Å². The molecule has 0 atom stereocenters. The summed E-state index contributed by atoms with van der Waals surface area (Å²) in [6.45, 7) is -0.329. The average molecular weight is 301 g/mol. The zero-order valence-corrected chi connectivity index (χ0v) is 11.6. The fourth-order valence-corrected chi connectivity index (χ4v) is 1.46. The van der Waals surface area contributed by atoms with Gasteiger partial charge in [0.05, 0.1) is 23.1 Å². The third kappa shape index (κ3) is 3.71. The van der Waals surface area contributed by atoms with Crippen LogP contribution in [0.1, 0.15) is 10.4 Å². The maximum Gasteiger partial charge on any atom is 0.307 e. The van der Waals surface area contributed by atoms with Crippen LogP contribution in [0.15, 0.2) is 12.1 Å². The van der Waals surface area contributed by atoms with E-state index in [2.05, 4.69) is 0 Å². The molecule has 0 radical (unpaired) electrons. The number of amides is 2. The van der Waals surface area contributed by atoms with Gasteiger partial charge >= 0.3 is 5.69 Å². The second kappa shape index (κ2) is 6.25. The molecule has 0 aliphatic carbocycles. The van der Waals surface area contributed by atoms with E-state index in [9.17, 15) is 28.5 Å². The minimum Gasteiger partial charge on any atom is -0.347 e. The second-order valence-corrected chi connectivity index (χ2v) is 4.49. The number of likely N-dealkylation sites (N-methyl/N-ethyl adjacent to an activating group) is 2. The van der Waals surface area contributed by atoms with Gasteiger partial charge in [0.2, 0.25) is 11.7 Å². The quantitative estimate of drug-likeness (QED) is 0.614. The van der Waals surface area contributed by atoms with Crippen molar-refractivity contribution < 1.29 is 23.3 Å². The van der Waals surface area contributed by atoms with Gasteiger partial charge in [0.15, 0.2) is 0 Å². The lowest BCUT2D eigenvalue weighted by Crippen LogP contribution is -2.38. The molecule has 1 aromatic rings. The Morgan fingerprint density at radius 1 is 1.19 bits per heavy atom. The van der Waals surface area contributed by atoms with Crippen molar-refractivity contribution in [2.45, 2.75) is 0 Å². The Kier molecular flexibility index (Phi) is 4.90. The van der Waals surface area contributed by atoms with Gasteiger partial charge < -0.3 is 9.80 Å². The van der Waals surface area contributed by atoms with Crippen molar-refractivity contribution >= 4 is 17.5 Å². The number of benzene rings is 1. The first-order valence-corrected chi connectivity index (χ1v) is 5.74. The van der Waals surface area contributed by atoms with Gasteiger partial charge in [0.1, 0.15) is 5.82 Å². The van der Waals surface area contributed by atoms with Crippen LogP contribution >= 0.6 is 0 Å². The van der Waals surface area contributed by atoms with E-state index >= 15 is 0 Å². The highest BCUT2D eigenvalue weighted by Gasteiger charge is 2.24. The minimum absolute atomic E-state index is 0.329. The predicted octanol–water partition coefficient (Wildman–Crippen LogP) is 1.03. The molecular formula is C12H13F2N3O4. The smallest absolute Gasteiger partial charge is 0.307 e. The first-order valence-electron chi connectivity index (χ1n) is 5.74. The molecule has 9 heteroatoms. The summed E-state index contributed by atoms with van der Waals surface area (Å²) in [5, 5.41) is 10.5. The number of nitro benzene ring substituents is 1. The van der Waals surface area contributed by atoms with Gasteiger partial charge in [-0.3, -0.25) is 19.7 Å². The molecule has 0 N–H and O–H groups in total. The summed E-state index contributed by atoms with van der Waals surface area (Å²) in [7, 11) is 4.20. The van der Waals surface area contributed by atoms with Gasteiger partial charge in [0.25, 0.3) is 5.91 Å². The van der Waals surface area contributed by atoms with Crippen LogP contribution in [-0.2, 0) is 4.79 Å². The van der Waals surface area contributed by atoms with Crippen molar-refractivity contribution in [1.29, 1.82) is 0 Å². The highest BCUT2D eigenvalue weighted by molar-refractivity contribution is 5.96. The number of hydrogen-bond acceptors (Lipinski definition) is 4. The molecule has 0 aliphatic rings. The van der Waals surface area contributed by atoms with Crippen LogP contribution in [0, 0.1) is 21.7 Å². The van der Waals surface area contributed by atoms with Crippen molar-refractivity contribution in [2.24, 2.45) is 0 Å². The van der Waals surface area contributed by atoms with Crippen LogP contribution in [0.3, 0.4) is 0 Å². The van der Waals surface area contributed by atoms with Gasteiger partial charge in [-0.1, -0.05) is 0 Å². The van der Waals surface area contributed by atoms with Crippen LogP contribution in [0.4, 0.5) is 14.5 Å². The van der Waals surface area contributed by atoms with Crippen LogP contribution in [0.25, 0.3) is 0 Å². The minimum atomic E-state index is -1.32. The fourth-order valence-electron chi connectivity index (χ4n) is 1.46. The molecule has 0 saturated carbocycles. The molecule has 114 valence electrons. The Morgan fingerprint density at radius 2 is 1.76 bits per heavy atom. The first kappa shape index (κ1) is 16.5. The van der Waals surface area contributed by atoms with E-state index in [1.165, 1.54) is 26.0 Å². The summed E-state index contributed by atoms with van der Waals surface area (Å²) in [6.07, 6.45) is 0. The summed E-state index contributed by atoms with van der Waals surface area (Å²) in [4.78, 5) is 34.9. The summed E-state index contributed by atoms with van der Waals surface area (Å²) in [5.41, 5.74) is -1.73. The van der Waals surface area contributed by atoms with E-state index < -0.39 is 39.6 Å². The van der Waals surface area contributed by atoms with E-state index in [-0.39, 0.29) is 6.54 Å². The predicted molar refractivity (Wildman–Crippen MR) is 68.7 cm³/mol. The van der Waals surface area contributed by atoms with E-state index in [0.29, 0.717) is 12.1 Å². The molecule has 0 spiro atoms. The lowest BCUT2D eigenvalue weighted by atomic mass is 10.1. The van der Waals surface area contributed by atoms with Crippen LogP contribution < -0.4 is 0 Å². The molecule has 0 saturated heterocycles. The number of hydrogen-bond donors (Lipinski definition) is 0. The number of rotatable bonds is 4. The molecule has 0 heterocycles. The zero-order chi connectivity index (χ0) is 16.3. The number of carbonyl (C=O) groups is 2. The van der Waals surface area contributed by atoms with E-state index in [0.717, 1.165) is 4.90 Å². The molecule has 21 heavy (non-hydrogen) atoms. The lowest BCUT2D eigenvalue weighted by molar-refractivity contribution is -0.387. The van der Waals surface area contributed by atoms with E-state index in [1.54, 1.807) is 0 Å². The number of carbonyl (C=O) groups excluding carboxylic acids is 2. The molecule has 0 unspecified atom stereocenters. The van der Waals surface area contributed by atoms with E-state index in [1.807, 2.05) is 0 Å². The Hall–Kier alpha value is -2.58. The third-order valence-corrected chi connectivity index (χ3v) is 2.68. The second-order valence-electron chi connectivity index (χ2n) is 4.49. The van der Waals surface area contributed by atoms with Gasteiger partial charge in [-0.2, -0.15) is 4.39 Å². The third-order valence-electron chi connectivity index (χ3n) is 2.68. The normalized spacial score (nSPS) is 10.1. The standard InChI is InChI=1S/C12H13F2N3O4/c1-15(2)11(18)6-16(3)12(19)7-4-9(14)10(17(20)21)5-8(7)13/h4-5H,6H2,1-3H3. The highest BCUT2D eigenvalue weighted by atomic mass is 19.1. The molecule has 0 bridgehead atoms. The molecule has 0 fully saturated rings. The Labute approximate surface area is 118 Å². The van der Waals surface area contributed by atoms with Crippen molar-refractivity contribution in [3.63, 3.8) is 0 Å². The maximum atomic E-state index is 13.7. The van der Waals surface area contributed by atoms with Crippen molar-refractivity contribution in [1.82, 2.24) is 9.80 Å². The Morgan fingerprint density at radius 3 is 2.24 bits per heavy atom. The van der Waals surface area contributed by atoms with Crippen LogP contribution in [0.2, 0.25) is 0 Å². The fraction of sp³-hybridized carbons (Fsp3) is 0.333. The number of nitro groups is 1. The molecular weight excluding hydrogens is 288 g/mol. The highest BCUT2D eigenvalue weighted by Crippen LogP contribution is 2.22. The van der Waals surface area contributed by atoms with Crippen molar-refractivity contribution in [3.8, 4) is 0 Å². The van der Waals surface area contributed by atoms with Gasteiger partial charge in [-0.25, -0.2) is 4.39 Å². The number of halogens is 2. The Bertz CT molecular complexity index is 604. The Balaban J connectivity index is 3.05. The topological polar surface area (TPSA) is 83.8 Å². The summed E-state index contributed by atoms with van der Waals surface area (Å²) < 4.78 is 27.1. The summed E-state index contributed by atoms with van der Waals surface area (Å²) in [5.74, 6) is -3.90. The summed E-state index contributed by atoms with van der Waals surface area (Å²) >= 11 is 0. The monoisotopic (exact) mass is 301 g/mol. The van der Waals surface area contributed by atoms with Gasteiger partial charge in [-0.05, 0) is 6.07 Å². The zero-order valence-electron chi connectivity index (χ0n) is 11.6. The molecule has 2 amide bonds. The first-order chi connectivity index (χ1) is 9.65. The molecule has 1 rings (SSSR count). The largest absolute Gasteiger partial charge is 0.347 e. The average Bonchev–Trinajstić information content (AvgIpc) is 2.39. The van der Waals surface area contributed by atoms with Crippen LogP contribution in [0.5, 0.6) is 0 Å². The molecule has 0 aliphatic heterocycles. The van der Waals surface area contributed by atoms with Crippen molar-refractivity contribution in [3.05, 3.63) is 39.4 Å². The summed E-state index contributed by atoms with van der Waals surface area (Å²) in [6, 6.07) is 0.788. The lowest BCUT2D eigenvalue weighted by Gasteiger charge is -2.19. The number of nitrogens with zero attached hydrogens (tertiary/aromatic N) is 3. The van der Waals surface area contributed by atoms with Crippen LogP contribution in [-0.4, -0.2) is 54.2 Å². The van der Waals surface area contributed by atoms with Gasteiger partial charge in [0, 0.05) is 21.1 Å².